The number of pyridine rings is 1. The van der Waals surface area contributed by atoms with E-state index in [1.54, 1.807) is 13.1 Å². The molecule has 0 unspecified atom stereocenters. The minimum Gasteiger partial charge on any atom is -0.378 e. The van der Waals surface area contributed by atoms with Crippen LogP contribution in [-0.2, 0) is 4.74 Å². The van der Waals surface area contributed by atoms with Gasteiger partial charge in [-0.25, -0.2) is 0 Å². The molecule has 1 fully saturated rings. The Morgan fingerprint density at radius 2 is 2.20 bits per heavy atom. The Labute approximate surface area is 88.9 Å². The molecule has 1 aromatic heterocycles. The van der Waals surface area contributed by atoms with Crippen molar-refractivity contribution in [1.82, 2.24) is 4.98 Å². The molecular weight excluding hydrogens is 192 g/mol. The lowest BCUT2D eigenvalue weighted by atomic mass is 10.2. The SMILES string of the molecule is CC(=O)c1ncccc1N1CCOCC1. The summed E-state index contributed by atoms with van der Waals surface area (Å²) in [5.41, 5.74) is 1.48. The lowest BCUT2D eigenvalue weighted by molar-refractivity contribution is 0.101. The van der Waals surface area contributed by atoms with Crippen LogP contribution < -0.4 is 4.90 Å². The minimum absolute atomic E-state index is 0.0112. The number of hydrogen-bond acceptors (Lipinski definition) is 4. The van der Waals surface area contributed by atoms with Gasteiger partial charge in [-0.1, -0.05) is 0 Å². The Hall–Kier alpha value is -1.42. The van der Waals surface area contributed by atoms with Gasteiger partial charge >= 0.3 is 0 Å². The molecule has 4 heteroatoms. The predicted octanol–water partition coefficient (Wildman–Crippen LogP) is 1.12. The van der Waals surface area contributed by atoms with E-state index >= 15 is 0 Å². The quantitative estimate of drug-likeness (QED) is 0.680. The normalized spacial score (nSPS) is 16.5. The van der Waals surface area contributed by atoms with E-state index < -0.39 is 0 Å². The summed E-state index contributed by atoms with van der Waals surface area (Å²) in [4.78, 5) is 17.7. The zero-order valence-corrected chi connectivity index (χ0v) is 8.77. The highest BCUT2D eigenvalue weighted by Crippen LogP contribution is 2.19. The first-order valence-electron chi connectivity index (χ1n) is 5.07. The average molecular weight is 206 g/mol. The molecule has 0 saturated carbocycles. The highest BCUT2D eigenvalue weighted by molar-refractivity contribution is 5.97. The maximum atomic E-state index is 11.4. The highest BCUT2D eigenvalue weighted by Gasteiger charge is 2.16. The van der Waals surface area contributed by atoms with Crippen LogP contribution in [-0.4, -0.2) is 37.1 Å². The topological polar surface area (TPSA) is 42.4 Å². The lowest BCUT2D eigenvalue weighted by Gasteiger charge is -2.29. The molecule has 0 N–H and O–H groups in total. The average Bonchev–Trinajstić information content (AvgIpc) is 2.30. The van der Waals surface area contributed by atoms with Crippen LogP contribution in [0.5, 0.6) is 0 Å². The van der Waals surface area contributed by atoms with Gasteiger partial charge in [-0.2, -0.15) is 0 Å². The van der Waals surface area contributed by atoms with Crippen molar-refractivity contribution < 1.29 is 9.53 Å². The van der Waals surface area contributed by atoms with Crippen molar-refractivity contribution in [3.63, 3.8) is 0 Å². The molecule has 1 aliphatic rings. The van der Waals surface area contributed by atoms with Crippen molar-refractivity contribution in [2.45, 2.75) is 6.92 Å². The summed E-state index contributed by atoms with van der Waals surface area (Å²) in [6.45, 7) is 4.63. The van der Waals surface area contributed by atoms with Gasteiger partial charge in [0.2, 0.25) is 0 Å². The number of rotatable bonds is 2. The summed E-state index contributed by atoms with van der Waals surface area (Å²) in [5, 5.41) is 0. The second-order valence-electron chi connectivity index (χ2n) is 3.53. The molecule has 1 saturated heterocycles. The van der Waals surface area contributed by atoms with Gasteiger partial charge in [-0.05, 0) is 12.1 Å². The van der Waals surface area contributed by atoms with E-state index in [1.165, 1.54) is 0 Å². The van der Waals surface area contributed by atoms with Gasteiger partial charge in [0.25, 0.3) is 0 Å². The van der Waals surface area contributed by atoms with Crippen molar-refractivity contribution in [3.8, 4) is 0 Å². The molecule has 4 nitrogen and oxygen atoms in total. The maximum Gasteiger partial charge on any atom is 0.180 e. The van der Waals surface area contributed by atoms with Crippen LogP contribution in [0.1, 0.15) is 17.4 Å². The number of carbonyl (C=O) groups is 1. The summed E-state index contributed by atoms with van der Waals surface area (Å²) in [6.07, 6.45) is 1.65. The van der Waals surface area contributed by atoms with Crippen LogP contribution in [0.2, 0.25) is 0 Å². The van der Waals surface area contributed by atoms with Crippen molar-refractivity contribution in [2.75, 3.05) is 31.2 Å². The molecule has 15 heavy (non-hydrogen) atoms. The monoisotopic (exact) mass is 206 g/mol. The summed E-state index contributed by atoms with van der Waals surface area (Å²) < 4.78 is 5.27. The Balaban J connectivity index is 2.29. The first-order valence-corrected chi connectivity index (χ1v) is 5.07. The van der Waals surface area contributed by atoms with Crippen molar-refractivity contribution in [2.24, 2.45) is 0 Å². The first kappa shape index (κ1) is 10.1. The number of nitrogens with zero attached hydrogens (tertiary/aromatic N) is 2. The number of morpholine rings is 1. The van der Waals surface area contributed by atoms with E-state index in [0.717, 1.165) is 18.8 Å². The molecular formula is C11H14N2O2. The third-order valence-corrected chi connectivity index (χ3v) is 2.47. The van der Waals surface area contributed by atoms with Crippen LogP contribution in [0, 0.1) is 0 Å². The van der Waals surface area contributed by atoms with Gasteiger partial charge < -0.3 is 9.64 Å². The van der Waals surface area contributed by atoms with E-state index in [1.807, 2.05) is 12.1 Å². The fourth-order valence-corrected chi connectivity index (χ4v) is 1.73. The highest BCUT2D eigenvalue weighted by atomic mass is 16.5. The minimum atomic E-state index is 0.0112. The maximum absolute atomic E-state index is 11.4. The van der Waals surface area contributed by atoms with Crippen LogP contribution in [0.25, 0.3) is 0 Å². The Kier molecular flexibility index (Phi) is 2.97. The third-order valence-electron chi connectivity index (χ3n) is 2.47. The van der Waals surface area contributed by atoms with Gasteiger partial charge in [0.05, 0.1) is 18.9 Å². The number of ketones is 1. The zero-order valence-electron chi connectivity index (χ0n) is 8.77. The standard InChI is InChI=1S/C11H14N2O2/c1-9(14)11-10(3-2-4-12-11)13-5-7-15-8-6-13/h2-4H,5-8H2,1H3. The summed E-state index contributed by atoms with van der Waals surface area (Å²) >= 11 is 0. The molecule has 2 rings (SSSR count). The second kappa shape index (κ2) is 4.40. The number of carbonyl (C=O) groups excluding carboxylic acids is 1. The molecule has 0 aliphatic carbocycles. The summed E-state index contributed by atoms with van der Waals surface area (Å²) in [7, 11) is 0. The molecule has 1 aromatic rings. The summed E-state index contributed by atoms with van der Waals surface area (Å²) in [6, 6.07) is 3.80. The molecule has 0 spiro atoms. The zero-order chi connectivity index (χ0) is 10.7. The van der Waals surface area contributed by atoms with Crippen LogP contribution in [0.15, 0.2) is 18.3 Å². The van der Waals surface area contributed by atoms with Crippen LogP contribution in [0.4, 0.5) is 5.69 Å². The smallest absolute Gasteiger partial charge is 0.180 e. The molecule has 80 valence electrons. The molecule has 2 heterocycles. The Bertz CT molecular complexity index is 359. The van der Waals surface area contributed by atoms with Gasteiger partial charge in [-0.3, -0.25) is 9.78 Å². The van der Waals surface area contributed by atoms with E-state index in [4.69, 9.17) is 4.74 Å². The van der Waals surface area contributed by atoms with E-state index in [-0.39, 0.29) is 5.78 Å². The largest absolute Gasteiger partial charge is 0.378 e. The fourth-order valence-electron chi connectivity index (χ4n) is 1.73. The lowest BCUT2D eigenvalue weighted by Crippen LogP contribution is -2.37. The van der Waals surface area contributed by atoms with Gasteiger partial charge in [0.15, 0.2) is 5.78 Å². The Morgan fingerprint density at radius 1 is 1.47 bits per heavy atom. The Morgan fingerprint density at radius 3 is 2.87 bits per heavy atom. The van der Waals surface area contributed by atoms with Gasteiger partial charge in [0.1, 0.15) is 5.69 Å². The van der Waals surface area contributed by atoms with E-state index in [0.29, 0.717) is 18.9 Å². The van der Waals surface area contributed by atoms with Crippen molar-refractivity contribution in [1.29, 1.82) is 0 Å². The molecule has 0 atom stereocenters. The molecule has 0 bridgehead atoms. The molecule has 0 radical (unpaired) electrons. The van der Waals surface area contributed by atoms with Crippen LogP contribution >= 0.6 is 0 Å². The van der Waals surface area contributed by atoms with Crippen LogP contribution in [0.3, 0.4) is 0 Å². The van der Waals surface area contributed by atoms with Gasteiger partial charge in [0, 0.05) is 26.2 Å². The molecule has 0 amide bonds. The third kappa shape index (κ3) is 2.15. The number of anilines is 1. The second-order valence-corrected chi connectivity index (χ2v) is 3.53. The number of hydrogen-bond donors (Lipinski definition) is 0. The first-order chi connectivity index (χ1) is 7.29. The van der Waals surface area contributed by atoms with E-state index in [9.17, 15) is 4.79 Å². The van der Waals surface area contributed by atoms with Gasteiger partial charge in [-0.15, -0.1) is 0 Å². The molecule has 0 aromatic carbocycles. The van der Waals surface area contributed by atoms with E-state index in [2.05, 4.69) is 9.88 Å². The number of Topliss-reactive ketones (excluding diaryl/α,β-unsaturated/α-hetero) is 1. The number of aromatic nitrogens is 1. The molecule has 1 aliphatic heterocycles. The fraction of sp³-hybridized carbons (Fsp3) is 0.455. The summed E-state index contributed by atoms with van der Waals surface area (Å²) in [5.74, 6) is 0.0112. The predicted molar refractivity (Wildman–Crippen MR) is 57.3 cm³/mol. The van der Waals surface area contributed by atoms with Crippen molar-refractivity contribution >= 4 is 11.5 Å². The number of ether oxygens (including phenoxy) is 1. The van der Waals surface area contributed by atoms with Crippen molar-refractivity contribution in [3.05, 3.63) is 24.0 Å².